The van der Waals surface area contributed by atoms with Crippen LogP contribution >= 0.6 is 0 Å². The number of rotatable bonds is 6. The number of carbonyl (C=O) groups excluding carboxylic acids is 2. The summed E-state index contributed by atoms with van der Waals surface area (Å²) in [6.07, 6.45) is 3.81. The number of ether oxygens (including phenoxy) is 1. The summed E-state index contributed by atoms with van der Waals surface area (Å²) < 4.78 is 5.15. The molecule has 1 saturated heterocycles. The van der Waals surface area contributed by atoms with E-state index in [0.717, 1.165) is 55.6 Å². The van der Waals surface area contributed by atoms with Crippen LogP contribution in [0.1, 0.15) is 36.8 Å². The molecule has 3 aliphatic rings. The van der Waals surface area contributed by atoms with E-state index in [1.54, 1.807) is 7.11 Å². The van der Waals surface area contributed by atoms with Crippen molar-refractivity contribution in [1.82, 2.24) is 15.5 Å². The van der Waals surface area contributed by atoms with Gasteiger partial charge in [-0.15, -0.1) is 0 Å². The molecule has 162 valence electrons. The van der Waals surface area contributed by atoms with E-state index in [0.29, 0.717) is 6.54 Å². The molecule has 2 aromatic carbocycles. The van der Waals surface area contributed by atoms with E-state index in [-0.39, 0.29) is 28.8 Å². The number of amides is 3. The second-order valence-electron chi connectivity index (χ2n) is 9.39. The summed E-state index contributed by atoms with van der Waals surface area (Å²) in [5.41, 5.74) is 2.12. The van der Waals surface area contributed by atoms with Gasteiger partial charge in [-0.05, 0) is 48.9 Å². The average molecular weight is 420 g/mol. The molecule has 6 heteroatoms. The van der Waals surface area contributed by atoms with Gasteiger partial charge in [-0.2, -0.15) is 0 Å². The van der Waals surface area contributed by atoms with Crippen molar-refractivity contribution in [1.29, 1.82) is 0 Å². The quantitative estimate of drug-likeness (QED) is 0.755. The monoisotopic (exact) mass is 419 g/mol. The molecule has 31 heavy (non-hydrogen) atoms. The predicted octanol–water partition coefficient (Wildman–Crippen LogP) is 3.22. The molecule has 3 fully saturated rings. The van der Waals surface area contributed by atoms with E-state index < -0.39 is 0 Å². The van der Waals surface area contributed by atoms with Crippen molar-refractivity contribution in [2.24, 2.45) is 5.41 Å². The van der Waals surface area contributed by atoms with Crippen LogP contribution in [0.5, 0.6) is 5.75 Å². The number of nitrogens with zero attached hydrogens (tertiary/aromatic N) is 1. The lowest BCUT2D eigenvalue weighted by molar-refractivity contribution is -0.154. The van der Waals surface area contributed by atoms with Crippen molar-refractivity contribution in [3.63, 3.8) is 0 Å². The topological polar surface area (TPSA) is 70.7 Å². The summed E-state index contributed by atoms with van der Waals surface area (Å²) in [5.74, 6) is 1.09. The molecule has 0 bridgehead atoms. The second kappa shape index (κ2) is 7.59. The maximum absolute atomic E-state index is 13.1. The largest absolute Gasteiger partial charge is 0.497 e. The summed E-state index contributed by atoms with van der Waals surface area (Å²) >= 11 is 0. The maximum Gasteiger partial charge on any atom is 0.315 e. The van der Waals surface area contributed by atoms with Crippen molar-refractivity contribution in [2.75, 3.05) is 20.2 Å². The van der Waals surface area contributed by atoms with Crippen LogP contribution in [0.2, 0.25) is 0 Å². The van der Waals surface area contributed by atoms with Crippen LogP contribution < -0.4 is 15.4 Å². The zero-order valence-corrected chi connectivity index (χ0v) is 17.9. The molecule has 1 heterocycles. The van der Waals surface area contributed by atoms with Crippen LogP contribution in [0.3, 0.4) is 0 Å². The van der Waals surface area contributed by atoms with Crippen molar-refractivity contribution in [3.8, 4) is 5.75 Å². The number of urea groups is 1. The van der Waals surface area contributed by atoms with Crippen molar-refractivity contribution < 1.29 is 14.3 Å². The van der Waals surface area contributed by atoms with Crippen LogP contribution in [0, 0.1) is 5.41 Å². The number of methoxy groups -OCH3 is 1. The van der Waals surface area contributed by atoms with E-state index in [1.807, 2.05) is 47.4 Å². The van der Waals surface area contributed by atoms with E-state index >= 15 is 0 Å². The van der Waals surface area contributed by atoms with E-state index in [9.17, 15) is 9.59 Å². The van der Waals surface area contributed by atoms with Crippen LogP contribution in [0.4, 0.5) is 4.79 Å². The minimum absolute atomic E-state index is 0.135. The van der Waals surface area contributed by atoms with Gasteiger partial charge in [0.25, 0.3) is 0 Å². The van der Waals surface area contributed by atoms with Gasteiger partial charge >= 0.3 is 6.03 Å². The fraction of sp³-hybridized carbons (Fsp3) is 0.440. The molecule has 3 amide bonds. The summed E-state index contributed by atoms with van der Waals surface area (Å²) in [6.45, 7) is 2.13. The molecule has 5 rings (SSSR count). The number of likely N-dealkylation sites (tertiary alicyclic amines) is 1. The van der Waals surface area contributed by atoms with Gasteiger partial charge in [-0.1, -0.05) is 42.5 Å². The Bertz CT molecular complexity index is 955. The number of carbonyl (C=O) groups is 2. The molecule has 0 atom stereocenters. The first-order valence-corrected chi connectivity index (χ1v) is 11.0. The highest BCUT2D eigenvalue weighted by Gasteiger charge is 2.60. The molecule has 0 unspecified atom stereocenters. The Labute approximate surface area is 183 Å². The van der Waals surface area contributed by atoms with Gasteiger partial charge in [0.1, 0.15) is 5.75 Å². The van der Waals surface area contributed by atoms with Crippen molar-refractivity contribution >= 4 is 11.9 Å². The van der Waals surface area contributed by atoms with Crippen molar-refractivity contribution in [3.05, 3.63) is 65.7 Å². The van der Waals surface area contributed by atoms with E-state index in [2.05, 4.69) is 22.8 Å². The molecule has 2 aliphatic carbocycles. The number of hydrogen-bond acceptors (Lipinski definition) is 3. The van der Waals surface area contributed by atoms with Gasteiger partial charge in [-0.3, -0.25) is 4.79 Å². The summed E-state index contributed by atoms with van der Waals surface area (Å²) in [7, 11) is 1.64. The molecule has 0 radical (unpaired) electrons. The molecular formula is C25H29N3O3. The first-order chi connectivity index (χ1) is 15.0. The number of hydrogen-bond donors (Lipinski definition) is 2. The van der Waals surface area contributed by atoms with Gasteiger partial charge in [0.2, 0.25) is 5.91 Å². The Morgan fingerprint density at radius 1 is 1.03 bits per heavy atom. The average Bonchev–Trinajstić information content (AvgIpc) is 3.55. The standard InChI is InChI=1S/C25H29N3O3/c1-31-21-9-7-18(8-10-21)15-26-23(30)27-20-13-24(14-20)16-28(17-24)22(29)25(11-12-25)19-5-3-2-4-6-19/h2-10,20H,11-17H2,1H3,(H2,26,27,30). The fourth-order valence-corrected chi connectivity index (χ4v) is 5.23. The van der Waals surface area contributed by atoms with Gasteiger partial charge in [-0.25, -0.2) is 4.79 Å². The third-order valence-electron chi connectivity index (χ3n) is 7.13. The first kappa shape index (κ1) is 19.9. The highest BCUT2D eigenvalue weighted by Crippen LogP contribution is 2.54. The molecule has 0 aromatic heterocycles. The summed E-state index contributed by atoms with van der Waals surface area (Å²) in [5, 5.41) is 5.98. The zero-order chi connectivity index (χ0) is 21.5. The lowest BCUT2D eigenvalue weighted by Gasteiger charge is -2.59. The van der Waals surface area contributed by atoms with Crippen LogP contribution in [-0.2, 0) is 16.8 Å². The number of benzene rings is 2. The van der Waals surface area contributed by atoms with E-state index in [4.69, 9.17) is 4.74 Å². The lowest BCUT2D eigenvalue weighted by atomic mass is 9.60. The Kier molecular flexibility index (Phi) is 4.88. The van der Waals surface area contributed by atoms with Gasteiger partial charge in [0, 0.05) is 31.1 Å². The molecule has 1 aliphatic heterocycles. The predicted molar refractivity (Wildman–Crippen MR) is 118 cm³/mol. The van der Waals surface area contributed by atoms with Gasteiger partial charge in [0.15, 0.2) is 0 Å². The van der Waals surface area contributed by atoms with Crippen LogP contribution in [-0.4, -0.2) is 43.1 Å². The maximum atomic E-state index is 13.1. The molecule has 6 nitrogen and oxygen atoms in total. The van der Waals surface area contributed by atoms with Gasteiger partial charge < -0.3 is 20.3 Å². The highest BCUT2D eigenvalue weighted by atomic mass is 16.5. The van der Waals surface area contributed by atoms with Crippen LogP contribution in [0.25, 0.3) is 0 Å². The third-order valence-corrected chi connectivity index (χ3v) is 7.13. The second-order valence-corrected chi connectivity index (χ2v) is 9.39. The highest BCUT2D eigenvalue weighted by molar-refractivity contribution is 5.92. The van der Waals surface area contributed by atoms with Crippen LogP contribution in [0.15, 0.2) is 54.6 Å². The minimum Gasteiger partial charge on any atom is -0.497 e. The number of nitrogens with one attached hydrogen (secondary N) is 2. The Morgan fingerprint density at radius 2 is 1.71 bits per heavy atom. The lowest BCUT2D eigenvalue weighted by Crippen LogP contribution is -2.69. The summed E-state index contributed by atoms with van der Waals surface area (Å²) in [6, 6.07) is 17.9. The fourth-order valence-electron chi connectivity index (χ4n) is 5.23. The molecule has 2 aromatic rings. The smallest absolute Gasteiger partial charge is 0.315 e. The van der Waals surface area contributed by atoms with E-state index in [1.165, 1.54) is 0 Å². The Balaban J connectivity index is 1.05. The SMILES string of the molecule is COc1ccc(CNC(=O)NC2CC3(C2)CN(C(=O)C2(c4ccccc4)CC2)C3)cc1. The molecule has 2 N–H and O–H groups in total. The molecular weight excluding hydrogens is 390 g/mol. The normalized spacial score (nSPS) is 20.4. The zero-order valence-electron chi connectivity index (χ0n) is 17.9. The molecule has 2 saturated carbocycles. The third kappa shape index (κ3) is 3.75. The summed E-state index contributed by atoms with van der Waals surface area (Å²) in [4.78, 5) is 27.3. The van der Waals surface area contributed by atoms with Crippen molar-refractivity contribution in [2.45, 2.75) is 43.7 Å². The Hall–Kier alpha value is -3.02. The Morgan fingerprint density at radius 3 is 2.32 bits per heavy atom. The minimum atomic E-state index is -0.272. The van der Waals surface area contributed by atoms with Gasteiger partial charge in [0.05, 0.1) is 12.5 Å². The first-order valence-electron chi connectivity index (χ1n) is 11.0. The molecule has 1 spiro atoms.